The molecule has 0 saturated carbocycles. The Hall–Kier alpha value is -2.67. The summed E-state index contributed by atoms with van der Waals surface area (Å²) >= 11 is 0. The number of ether oxygens (including phenoxy) is 1. The molecule has 7 nitrogen and oxygen atoms in total. The molecule has 1 unspecified atom stereocenters. The van der Waals surface area contributed by atoms with E-state index in [1.807, 2.05) is 30.3 Å². The van der Waals surface area contributed by atoms with E-state index in [1.54, 1.807) is 11.9 Å². The van der Waals surface area contributed by atoms with Gasteiger partial charge in [0.1, 0.15) is 0 Å². The number of aromatic amines is 1. The van der Waals surface area contributed by atoms with Crippen molar-refractivity contribution in [2.75, 3.05) is 26.7 Å². The highest BCUT2D eigenvalue weighted by atomic mass is 16.5. The summed E-state index contributed by atoms with van der Waals surface area (Å²) in [5.41, 5.74) is 2.07. The number of benzene rings is 1. The van der Waals surface area contributed by atoms with Crippen LogP contribution in [-0.2, 0) is 9.53 Å². The van der Waals surface area contributed by atoms with Crippen LogP contribution in [0.15, 0.2) is 36.5 Å². The molecule has 2 amide bonds. The Labute approximate surface area is 133 Å². The van der Waals surface area contributed by atoms with Gasteiger partial charge in [-0.05, 0) is 0 Å². The second-order valence-corrected chi connectivity index (χ2v) is 5.25. The number of aromatic nitrogens is 2. The highest BCUT2D eigenvalue weighted by Gasteiger charge is 2.30. The summed E-state index contributed by atoms with van der Waals surface area (Å²) in [7, 11) is 1.55. The first-order chi connectivity index (χ1) is 11.2. The maximum absolute atomic E-state index is 12.8. The van der Waals surface area contributed by atoms with E-state index in [0.717, 1.165) is 5.56 Å². The van der Waals surface area contributed by atoms with Crippen molar-refractivity contribution in [2.24, 2.45) is 0 Å². The number of rotatable bonds is 3. The Bertz CT molecular complexity index is 698. The van der Waals surface area contributed by atoms with E-state index in [-0.39, 0.29) is 18.4 Å². The van der Waals surface area contributed by atoms with E-state index < -0.39 is 6.10 Å². The number of H-pyrrole nitrogens is 1. The van der Waals surface area contributed by atoms with Crippen LogP contribution in [0.3, 0.4) is 0 Å². The highest BCUT2D eigenvalue weighted by molar-refractivity contribution is 6.00. The number of carbonyl (C=O) groups is 2. The van der Waals surface area contributed by atoms with Gasteiger partial charge in [-0.25, -0.2) is 0 Å². The molecule has 1 saturated heterocycles. The minimum Gasteiger partial charge on any atom is -0.365 e. The summed E-state index contributed by atoms with van der Waals surface area (Å²) in [4.78, 5) is 26.1. The van der Waals surface area contributed by atoms with Gasteiger partial charge in [0.2, 0.25) is 0 Å². The van der Waals surface area contributed by atoms with E-state index >= 15 is 0 Å². The van der Waals surface area contributed by atoms with Gasteiger partial charge in [-0.2, -0.15) is 5.10 Å². The summed E-state index contributed by atoms with van der Waals surface area (Å²) in [6.07, 6.45) is 0.888. The van der Waals surface area contributed by atoms with Crippen LogP contribution in [0, 0.1) is 0 Å². The van der Waals surface area contributed by atoms with Gasteiger partial charge < -0.3 is 15.0 Å². The lowest BCUT2D eigenvalue weighted by Gasteiger charge is -2.31. The van der Waals surface area contributed by atoms with Crippen LogP contribution in [0.2, 0.25) is 0 Å². The molecule has 1 aromatic carbocycles. The number of likely N-dealkylation sites (N-methyl/N-ethyl adjacent to an activating group) is 1. The van der Waals surface area contributed by atoms with Gasteiger partial charge in [-0.3, -0.25) is 14.7 Å². The molecule has 0 spiro atoms. The summed E-state index contributed by atoms with van der Waals surface area (Å²) in [6.45, 7) is 1.02. The summed E-state index contributed by atoms with van der Waals surface area (Å²) < 4.78 is 5.41. The van der Waals surface area contributed by atoms with Gasteiger partial charge in [0.05, 0.1) is 30.6 Å². The number of amides is 2. The van der Waals surface area contributed by atoms with Crippen LogP contribution in [-0.4, -0.2) is 59.8 Å². The van der Waals surface area contributed by atoms with Crippen molar-refractivity contribution < 1.29 is 14.3 Å². The maximum Gasteiger partial charge on any atom is 0.257 e. The SMILES string of the molecule is CNC(=O)C1CN(C(=O)c2cn[nH]c2-c2ccccc2)CCO1. The second-order valence-electron chi connectivity index (χ2n) is 5.25. The molecule has 1 fully saturated rings. The lowest BCUT2D eigenvalue weighted by molar-refractivity contribution is -0.136. The smallest absolute Gasteiger partial charge is 0.257 e. The van der Waals surface area contributed by atoms with Crippen LogP contribution in [0.4, 0.5) is 0 Å². The molecule has 1 atom stereocenters. The van der Waals surface area contributed by atoms with Gasteiger partial charge >= 0.3 is 0 Å². The Morgan fingerprint density at radius 1 is 1.35 bits per heavy atom. The Kier molecular flexibility index (Phi) is 4.38. The van der Waals surface area contributed by atoms with Crippen molar-refractivity contribution in [2.45, 2.75) is 6.10 Å². The van der Waals surface area contributed by atoms with E-state index in [1.165, 1.54) is 6.20 Å². The number of nitrogens with one attached hydrogen (secondary N) is 2. The fourth-order valence-electron chi connectivity index (χ4n) is 2.60. The molecule has 0 aliphatic carbocycles. The molecule has 2 aromatic rings. The summed E-state index contributed by atoms with van der Waals surface area (Å²) in [5, 5.41) is 9.43. The fourth-order valence-corrected chi connectivity index (χ4v) is 2.60. The molecular weight excluding hydrogens is 296 g/mol. The lowest BCUT2D eigenvalue weighted by atomic mass is 10.1. The summed E-state index contributed by atoms with van der Waals surface area (Å²) in [5.74, 6) is -0.382. The van der Waals surface area contributed by atoms with Crippen molar-refractivity contribution in [1.82, 2.24) is 20.4 Å². The number of carbonyl (C=O) groups excluding carboxylic acids is 2. The fraction of sp³-hybridized carbons (Fsp3) is 0.312. The molecule has 23 heavy (non-hydrogen) atoms. The third kappa shape index (κ3) is 3.09. The number of hydrogen-bond acceptors (Lipinski definition) is 4. The first-order valence-corrected chi connectivity index (χ1v) is 7.42. The molecule has 0 bridgehead atoms. The van der Waals surface area contributed by atoms with Crippen LogP contribution in [0.25, 0.3) is 11.3 Å². The average Bonchev–Trinajstić information content (AvgIpc) is 3.11. The van der Waals surface area contributed by atoms with Crippen LogP contribution in [0.5, 0.6) is 0 Å². The predicted molar refractivity (Wildman–Crippen MR) is 83.7 cm³/mol. The van der Waals surface area contributed by atoms with E-state index in [0.29, 0.717) is 24.4 Å². The number of nitrogens with zero attached hydrogens (tertiary/aromatic N) is 2. The average molecular weight is 314 g/mol. The molecule has 2 N–H and O–H groups in total. The van der Waals surface area contributed by atoms with E-state index in [2.05, 4.69) is 15.5 Å². The molecule has 2 heterocycles. The minimum atomic E-state index is -0.634. The monoisotopic (exact) mass is 314 g/mol. The highest BCUT2D eigenvalue weighted by Crippen LogP contribution is 2.22. The zero-order valence-corrected chi connectivity index (χ0v) is 12.8. The van der Waals surface area contributed by atoms with Crippen LogP contribution in [0.1, 0.15) is 10.4 Å². The van der Waals surface area contributed by atoms with Crippen molar-refractivity contribution >= 4 is 11.8 Å². The first kappa shape index (κ1) is 15.2. The third-order valence-electron chi connectivity index (χ3n) is 3.82. The number of morpholine rings is 1. The third-order valence-corrected chi connectivity index (χ3v) is 3.82. The lowest BCUT2D eigenvalue weighted by Crippen LogP contribution is -2.51. The molecule has 0 radical (unpaired) electrons. The van der Waals surface area contributed by atoms with Crippen molar-refractivity contribution in [3.63, 3.8) is 0 Å². The topological polar surface area (TPSA) is 87.3 Å². The molecule has 1 aromatic heterocycles. The minimum absolute atomic E-state index is 0.158. The zero-order valence-electron chi connectivity index (χ0n) is 12.8. The molecule has 3 rings (SSSR count). The molecule has 120 valence electrons. The van der Waals surface area contributed by atoms with E-state index in [9.17, 15) is 9.59 Å². The Balaban J connectivity index is 1.81. The Morgan fingerprint density at radius 2 is 2.13 bits per heavy atom. The largest absolute Gasteiger partial charge is 0.365 e. The van der Waals surface area contributed by atoms with Crippen molar-refractivity contribution in [1.29, 1.82) is 0 Å². The van der Waals surface area contributed by atoms with Gasteiger partial charge in [0.25, 0.3) is 11.8 Å². The van der Waals surface area contributed by atoms with Gasteiger partial charge in [0, 0.05) is 19.2 Å². The normalized spacial score (nSPS) is 17.8. The van der Waals surface area contributed by atoms with Gasteiger partial charge in [-0.1, -0.05) is 30.3 Å². The van der Waals surface area contributed by atoms with Crippen LogP contribution >= 0.6 is 0 Å². The van der Waals surface area contributed by atoms with E-state index in [4.69, 9.17) is 4.74 Å². The summed E-state index contributed by atoms with van der Waals surface area (Å²) in [6, 6.07) is 9.55. The molecular formula is C16H18N4O3. The Morgan fingerprint density at radius 3 is 2.87 bits per heavy atom. The van der Waals surface area contributed by atoms with Crippen LogP contribution < -0.4 is 5.32 Å². The maximum atomic E-state index is 12.8. The molecule has 1 aliphatic heterocycles. The number of hydrogen-bond donors (Lipinski definition) is 2. The quantitative estimate of drug-likeness (QED) is 0.871. The molecule has 7 heteroatoms. The predicted octanol–water partition coefficient (Wildman–Crippen LogP) is 0.664. The second kappa shape index (κ2) is 6.62. The zero-order chi connectivity index (χ0) is 16.2. The van der Waals surface area contributed by atoms with Gasteiger partial charge in [-0.15, -0.1) is 0 Å². The van der Waals surface area contributed by atoms with Crippen molar-refractivity contribution in [3.8, 4) is 11.3 Å². The molecule has 1 aliphatic rings. The standard InChI is InChI=1S/C16H18N4O3/c1-17-15(21)13-10-20(7-8-23-13)16(22)12-9-18-19-14(12)11-5-3-2-4-6-11/h2-6,9,13H,7-8,10H2,1H3,(H,17,21)(H,18,19). The first-order valence-electron chi connectivity index (χ1n) is 7.42. The van der Waals surface area contributed by atoms with Crippen molar-refractivity contribution in [3.05, 3.63) is 42.1 Å². The van der Waals surface area contributed by atoms with Gasteiger partial charge in [0.15, 0.2) is 6.10 Å².